The average molecular weight is 252 g/mol. The fraction of sp³-hybridized carbons (Fsp3) is 0.889. The summed E-state index contributed by atoms with van der Waals surface area (Å²) >= 11 is 0. The third-order valence-electron chi connectivity index (χ3n) is 3.91. The van der Waals surface area contributed by atoms with Crippen LogP contribution in [0, 0.1) is 5.92 Å². The maximum absolute atomic E-state index is 3.78. The molecule has 0 aliphatic heterocycles. The normalized spacial score (nSPS) is 12.6. The standard InChI is InChI=1S/C18H36/c1-4-6-8-9-10-11-12-13-15-17-18(3)16-14-7-5-2/h5,18H,2,4,6-17H2,1,3H3. The van der Waals surface area contributed by atoms with E-state index in [4.69, 9.17) is 0 Å². The van der Waals surface area contributed by atoms with Gasteiger partial charge in [-0.1, -0.05) is 90.6 Å². The van der Waals surface area contributed by atoms with Crippen LogP contribution in [0.2, 0.25) is 0 Å². The van der Waals surface area contributed by atoms with Crippen LogP contribution in [0.25, 0.3) is 0 Å². The van der Waals surface area contributed by atoms with Crippen LogP contribution in [-0.2, 0) is 0 Å². The van der Waals surface area contributed by atoms with Gasteiger partial charge in [0.2, 0.25) is 0 Å². The van der Waals surface area contributed by atoms with Gasteiger partial charge in [-0.15, -0.1) is 6.58 Å². The zero-order valence-corrected chi connectivity index (χ0v) is 13.1. The molecule has 1 atom stereocenters. The quantitative estimate of drug-likeness (QED) is 0.233. The first-order valence-corrected chi connectivity index (χ1v) is 8.42. The average Bonchev–Trinajstić information content (AvgIpc) is 2.37. The summed E-state index contributed by atoms with van der Waals surface area (Å²) in [7, 11) is 0. The molecule has 0 spiro atoms. The molecule has 0 aromatic rings. The van der Waals surface area contributed by atoms with E-state index in [1.165, 1.54) is 83.5 Å². The van der Waals surface area contributed by atoms with Gasteiger partial charge in [0.25, 0.3) is 0 Å². The smallest absolute Gasteiger partial charge is 0.0353 e. The Morgan fingerprint density at radius 1 is 0.778 bits per heavy atom. The summed E-state index contributed by atoms with van der Waals surface area (Å²) in [5.41, 5.74) is 0. The van der Waals surface area contributed by atoms with Crippen molar-refractivity contribution in [2.75, 3.05) is 0 Å². The Labute approximate surface area is 116 Å². The van der Waals surface area contributed by atoms with Gasteiger partial charge in [0.15, 0.2) is 0 Å². The van der Waals surface area contributed by atoms with Crippen LogP contribution in [0.3, 0.4) is 0 Å². The van der Waals surface area contributed by atoms with Crippen molar-refractivity contribution in [3.05, 3.63) is 12.7 Å². The molecule has 0 heterocycles. The lowest BCUT2D eigenvalue weighted by Crippen LogP contribution is -1.94. The lowest BCUT2D eigenvalue weighted by atomic mass is 9.96. The molecule has 0 aromatic carbocycles. The van der Waals surface area contributed by atoms with Gasteiger partial charge in [-0.05, 0) is 18.8 Å². The van der Waals surface area contributed by atoms with Crippen molar-refractivity contribution in [2.45, 2.75) is 97.3 Å². The Morgan fingerprint density at radius 2 is 1.28 bits per heavy atom. The molecule has 0 aliphatic carbocycles. The summed E-state index contributed by atoms with van der Waals surface area (Å²) in [4.78, 5) is 0. The maximum Gasteiger partial charge on any atom is -0.0353 e. The van der Waals surface area contributed by atoms with Gasteiger partial charge in [0.05, 0.1) is 0 Å². The SMILES string of the molecule is C=CCCCC(C)CCCCCCCCCCC. The van der Waals surface area contributed by atoms with Crippen molar-refractivity contribution in [2.24, 2.45) is 5.92 Å². The maximum atomic E-state index is 3.78. The number of hydrogen-bond donors (Lipinski definition) is 0. The summed E-state index contributed by atoms with van der Waals surface area (Å²) in [6.07, 6.45) is 20.4. The van der Waals surface area contributed by atoms with Crippen molar-refractivity contribution in [1.29, 1.82) is 0 Å². The minimum Gasteiger partial charge on any atom is -0.103 e. The second-order valence-electron chi connectivity index (χ2n) is 5.94. The minimum atomic E-state index is 0.925. The summed E-state index contributed by atoms with van der Waals surface area (Å²) in [6.45, 7) is 8.48. The summed E-state index contributed by atoms with van der Waals surface area (Å²) in [5, 5.41) is 0. The molecular weight excluding hydrogens is 216 g/mol. The van der Waals surface area contributed by atoms with E-state index in [0.29, 0.717) is 0 Å². The van der Waals surface area contributed by atoms with Gasteiger partial charge in [0, 0.05) is 0 Å². The second kappa shape index (κ2) is 14.8. The predicted octanol–water partition coefficient (Wildman–Crippen LogP) is 6.90. The third-order valence-corrected chi connectivity index (χ3v) is 3.91. The monoisotopic (exact) mass is 252 g/mol. The lowest BCUT2D eigenvalue weighted by molar-refractivity contribution is 0.444. The van der Waals surface area contributed by atoms with Crippen LogP contribution in [0.5, 0.6) is 0 Å². The van der Waals surface area contributed by atoms with Gasteiger partial charge < -0.3 is 0 Å². The number of hydrogen-bond acceptors (Lipinski definition) is 0. The van der Waals surface area contributed by atoms with Crippen molar-refractivity contribution in [3.8, 4) is 0 Å². The first kappa shape index (κ1) is 17.7. The first-order valence-electron chi connectivity index (χ1n) is 8.42. The molecule has 1 unspecified atom stereocenters. The highest BCUT2D eigenvalue weighted by Crippen LogP contribution is 2.17. The summed E-state index contributed by atoms with van der Waals surface area (Å²) in [5.74, 6) is 0.925. The first-order chi connectivity index (χ1) is 8.81. The van der Waals surface area contributed by atoms with E-state index >= 15 is 0 Å². The second-order valence-corrected chi connectivity index (χ2v) is 5.94. The Balaban J connectivity index is 3.07. The molecule has 0 bridgehead atoms. The van der Waals surface area contributed by atoms with Crippen LogP contribution in [0.15, 0.2) is 12.7 Å². The molecule has 0 radical (unpaired) electrons. The Hall–Kier alpha value is -0.260. The molecule has 0 saturated heterocycles. The van der Waals surface area contributed by atoms with Crippen LogP contribution in [-0.4, -0.2) is 0 Å². The van der Waals surface area contributed by atoms with E-state index in [0.717, 1.165) is 5.92 Å². The molecular formula is C18H36. The third kappa shape index (κ3) is 13.8. The van der Waals surface area contributed by atoms with Crippen LogP contribution >= 0.6 is 0 Å². The van der Waals surface area contributed by atoms with E-state index in [9.17, 15) is 0 Å². The van der Waals surface area contributed by atoms with Crippen LogP contribution < -0.4 is 0 Å². The highest BCUT2D eigenvalue weighted by atomic mass is 14.1. The lowest BCUT2D eigenvalue weighted by Gasteiger charge is -2.10. The predicted molar refractivity (Wildman–Crippen MR) is 85.1 cm³/mol. The number of unbranched alkanes of at least 4 members (excludes halogenated alkanes) is 9. The van der Waals surface area contributed by atoms with Crippen molar-refractivity contribution >= 4 is 0 Å². The number of allylic oxidation sites excluding steroid dienone is 1. The van der Waals surface area contributed by atoms with E-state index in [1.54, 1.807) is 0 Å². The number of rotatable bonds is 14. The van der Waals surface area contributed by atoms with Gasteiger partial charge in [-0.3, -0.25) is 0 Å². The van der Waals surface area contributed by atoms with Gasteiger partial charge in [0.1, 0.15) is 0 Å². The highest BCUT2D eigenvalue weighted by molar-refractivity contribution is 4.66. The summed E-state index contributed by atoms with van der Waals surface area (Å²) in [6, 6.07) is 0. The largest absolute Gasteiger partial charge is 0.103 e. The molecule has 0 rings (SSSR count). The minimum absolute atomic E-state index is 0.925. The molecule has 0 aromatic heterocycles. The molecule has 0 fully saturated rings. The van der Waals surface area contributed by atoms with E-state index < -0.39 is 0 Å². The molecule has 108 valence electrons. The molecule has 0 aliphatic rings. The van der Waals surface area contributed by atoms with E-state index in [-0.39, 0.29) is 0 Å². The van der Waals surface area contributed by atoms with Crippen molar-refractivity contribution in [1.82, 2.24) is 0 Å². The van der Waals surface area contributed by atoms with Gasteiger partial charge >= 0.3 is 0 Å². The van der Waals surface area contributed by atoms with Crippen molar-refractivity contribution in [3.63, 3.8) is 0 Å². The van der Waals surface area contributed by atoms with E-state index in [2.05, 4.69) is 20.4 Å². The zero-order valence-electron chi connectivity index (χ0n) is 13.1. The fourth-order valence-electron chi connectivity index (χ4n) is 2.56. The van der Waals surface area contributed by atoms with Gasteiger partial charge in [-0.2, -0.15) is 0 Å². The molecule has 0 N–H and O–H groups in total. The summed E-state index contributed by atoms with van der Waals surface area (Å²) < 4.78 is 0. The molecule has 0 nitrogen and oxygen atoms in total. The van der Waals surface area contributed by atoms with Crippen molar-refractivity contribution < 1.29 is 0 Å². The zero-order chi connectivity index (χ0) is 13.5. The Morgan fingerprint density at radius 3 is 1.83 bits per heavy atom. The topological polar surface area (TPSA) is 0 Å². The molecule has 0 heteroatoms. The Bertz CT molecular complexity index is 159. The molecule has 0 amide bonds. The van der Waals surface area contributed by atoms with Crippen LogP contribution in [0.1, 0.15) is 97.3 Å². The molecule has 18 heavy (non-hydrogen) atoms. The van der Waals surface area contributed by atoms with Crippen LogP contribution in [0.4, 0.5) is 0 Å². The Kier molecular flexibility index (Phi) is 14.6. The highest BCUT2D eigenvalue weighted by Gasteiger charge is 2.01. The molecule has 0 saturated carbocycles. The van der Waals surface area contributed by atoms with E-state index in [1.807, 2.05) is 6.08 Å². The fourth-order valence-corrected chi connectivity index (χ4v) is 2.56. The van der Waals surface area contributed by atoms with Gasteiger partial charge in [-0.25, -0.2) is 0 Å².